The molecule has 0 fully saturated rings. The molecule has 2 heteroatoms. The van der Waals surface area contributed by atoms with Crippen molar-refractivity contribution < 1.29 is 0 Å². The van der Waals surface area contributed by atoms with Crippen LogP contribution in [0.5, 0.6) is 0 Å². The summed E-state index contributed by atoms with van der Waals surface area (Å²) in [5, 5.41) is 5.26. The van der Waals surface area contributed by atoms with E-state index >= 15 is 0 Å². The molecule has 0 spiro atoms. The Morgan fingerprint density at radius 1 is 0.250 bits per heavy atom. The molecule has 0 aliphatic carbocycles. The van der Waals surface area contributed by atoms with Crippen molar-refractivity contribution in [1.82, 2.24) is 0 Å². The summed E-state index contributed by atoms with van der Waals surface area (Å²) >= 11 is 1.87. The second kappa shape index (κ2) is 15.3. The molecule has 10 aromatic carbocycles. The van der Waals surface area contributed by atoms with Crippen LogP contribution < -0.4 is 4.90 Å². The highest BCUT2D eigenvalue weighted by Gasteiger charge is 2.16. The van der Waals surface area contributed by atoms with Crippen LogP contribution in [0.1, 0.15) is 0 Å². The first-order chi connectivity index (χ1) is 29.7. The highest BCUT2D eigenvalue weighted by molar-refractivity contribution is 7.26. The van der Waals surface area contributed by atoms with Crippen LogP contribution in [0.3, 0.4) is 0 Å². The highest BCUT2D eigenvalue weighted by Crippen LogP contribution is 2.41. The van der Waals surface area contributed by atoms with E-state index in [4.69, 9.17) is 0 Å². The quantitative estimate of drug-likeness (QED) is 0.148. The number of anilines is 3. The highest BCUT2D eigenvalue weighted by atomic mass is 32.1. The van der Waals surface area contributed by atoms with E-state index in [9.17, 15) is 0 Å². The number of thiophene rings is 1. The van der Waals surface area contributed by atoms with Crippen molar-refractivity contribution in [2.75, 3.05) is 4.90 Å². The van der Waals surface area contributed by atoms with E-state index in [-0.39, 0.29) is 0 Å². The molecule has 1 nitrogen and oxygen atoms in total. The van der Waals surface area contributed by atoms with E-state index in [0.717, 1.165) is 17.1 Å². The Hall–Kier alpha value is -7.52. The van der Waals surface area contributed by atoms with Gasteiger partial charge >= 0.3 is 0 Å². The van der Waals surface area contributed by atoms with Crippen molar-refractivity contribution in [3.8, 4) is 55.6 Å². The van der Waals surface area contributed by atoms with Gasteiger partial charge in [0.2, 0.25) is 0 Å². The van der Waals surface area contributed by atoms with Crippen LogP contribution in [0.2, 0.25) is 0 Å². The maximum Gasteiger partial charge on any atom is 0.0467 e. The minimum Gasteiger partial charge on any atom is -0.310 e. The van der Waals surface area contributed by atoms with E-state index in [1.54, 1.807) is 0 Å². The van der Waals surface area contributed by atoms with E-state index in [2.05, 4.69) is 241 Å². The van der Waals surface area contributed by atoms with Crippen molar-refractivity contribution in [2.24, 2.45) is 0 Å². The van der Waals surface area contributed by atoms with E-state index in [1.807, 2.05) is 11.3 Å². The molecule has 60 heavy (non-hydrogen) atoms. The van der Waals surface area contributed by atoms with Gasteiger partial charge in [0.25, 0.3) is 0 Å². The molecule has 0 saturated heterocycles. The number of nitrogens with zero attached hydrogens (tertiary/aromatic N) is 1. The molecule has 1 heterocycles. The van der Waals surface area contributed by atoms with Crippen LogP contribution in [-0.4, -0.2) is 0 Å². The normalized spacial score (nSPS) is 11.3. The first-order valence-corrected chi connectivity index (χ1v) is 21.3. The van der Waals surface area contributed by atoms with Gasteiger partial charge in [-0.1, -0.05) is 182 Å². The van der Waals surface area contributed by atoms with E-state index in [0.29, 0.717) is 0 Å². The molecule has 282 valence electrons. The lowest BCUT2D eigenvalue weighted by molar-refractivity contribution is 1.28. The summed E-state index contributed by atoms with van der Waals surface area (Å²) in [6.07, 6.45) is 0. The molecule has 0 amide bonds. The first-order valence-electron chi connectivity index (χ1n) is 20.5. The zero-order valence-electron chi connectivity index (χ0n) is 32.9. The Kier molecular flexibility index (Phi) is 9.11. The number of hydrogen-bond donors (Lipinski definition) is 0. The summed E-state index contributed by atoms with van der Waals surface area (Å²) in [6.45, 7) is 0. The van der Waals surface area contributed by atoms with Crippen LogP contribution in [0.25, 0.3) is 86.6 Å². The zero-order chi connectivity index (χ0) is 39.8. The Labute approximate surface area is 354 Å². The molecule has 11 aromatic rings. The molecule has 0 aliphatic heterocycles. The van der Waals surface area contributed by atoms with Gasteiger partial charge in [0, 0.05) is 37.2 Å². The Balaban J connectivity index is 0.946. The number of hydrogen-bond acceptors (Lipinski definition) is 2. The lowest BCUT2D eigenvalue weighted by Gasteiger charge is -2.26. The van der Waals surface area contributed by atoms with E-state index < -0.39 is 0 Å². The van der Waals surface area contributed by atoms with Crippen molar-refractivity contribution in [2.45, 2.75) is 0 Å². The second-order valence-electron chi connectivity index (χ2n) is 15.3. The van der Waals surface area contributed by atoms with Gasteiger partial charge in [-0.3, -0.25) is 0 Å². The predicted octanol–water partition coefficient (Wildman–Crippen LogP) is 17.0. The number of fused-ring (bicyclic) bond motifs is 5. The van der Waals surface area contributed by atoms with Crippen molar-refractivity contribution in [1.29, 1.82) is 0 Å². The molecule has 0 unspecified atom stereocenters. The Morgan fingerprint density at radius 2 is 0.683 bits per heavy atom. The largest absolute Gasteiger partial charge is 0.310 e. The van der Waals surface area contributed by atoms with Crippen molar-refractivity contribution in [3.05, 3.63) is 237 Å². The number of benzene rings is 10. The van der Waals surface area contributed by atoms with Crippen LogP contribution >= 0.6 is 11.3 Å². The molecule has 1 aromatic heterocycles. The topological polar surface area (TPSA) is 3.24 Å². The summed E-state index contributed by atoms with van der Waals surface area (Å²) in [7, 11) is 0. The van der Waals surface area contributed by atoms with Gasteiger partial charge in [-0.15, -0.1) is 11.3 Å². The fourth-order valence-corrected chi connectivity index (χ4v) is 9.70. The summed E-state index contributed by atoms with van der Waals surface area (Å²) in [5.74, 6) is 0. The molecular formula is C58H39NS. The SMILES string of the molecule is c1ccc(-c2ccc(-c3ccc(N(c4ccc(-c5ccc6c(ccc7sc8ccccc8c76)c5)cc4)c4cccc(-c5ccc(-c6ccccc6)cc5)c4)cc3)cc2)cc1. The minimum atomic E-state index is 1.10. The first kappa shape index (κ1) is 35.6. The van der Waals surface area contributed by atoms with Gasteiger partial charge in [0.05, 0.1) is 0 Å². The average Bonchev–Trinajstić information content (AvgIpc) is 3.72. The predicted molar refractivity (Wildman–Crippen MR) is 259 cm³/mol. The lowest BCUT2D eigenvalue weighted by Crippen LogP contribution is -2.10. The van der Waals surface area contributed by atoms with Gasteiger partial charge in [-0.2, -0.15) is 0 Å². The third-order valence-electron chi connectivity index (χ3n) is 11.7. The molecule has 0 bridgehead atoms. The monoisotopic (exact) mass is 781 g/mol. The van der Waals surface area contributed by atoms with Crippen molar-refractivity contribution in [3.63, 3.8) is 0 Å². The fraction of sp³-hybridized carbons (Fsp3) is 0. The van der Waals surface area contributed by atoms with E-state index in [1.165, 1.54) is 86.6 Å². The maximum absolute atomic E-state index is 2.37. The standard InChI is InChI=1S/C58H39NS/c1-3-10-40(11-4-1)42-18-20-44(21-19-42)45-26-32-51(33-27-45)59(53-15-9-14-48(39-53)46-24-22-43(23-25-46)41-12-5-2-6-13-41)52-34-28-47(29-35-52)49-30-36-54-50(38-49)31-37-57-58(54)55-16-7-8-17-56(55)60-57/h1-39H. The number of rotatable bonds is 8. The van der Waals surface area contributed by atoms with Gasteiger partial charge in [-0.25, -0.2) is 0 Å². The molecule has 0 N–H and O–H groups in total. The van der Waals surface area contributed by atoms with Crippen LogP contribution in [-0.2, 0) is 0 Å². The second-order valence-corrected chi connectivity index (χ2v) is 16.4. The summed E-state index contributed by atoms with van der Waals surface area (Å²) < 4.78 is 2.67. The summed E-state index contributed by atoms with van der Waals surface area (Å²) in [5.41, 5.74) is 15.3. The van der Waals surface area contributed by atoms with Crippen LogP contribution in [0.4, 0.5) is 17.1 Å². The molecule has 0 atom stereocenters. The van der Waals surface area contributed by atoms with Crippen molar-refractivity contribution >= 4 is 59.3 Å². The van der Waals surface area contributed by atoms with Gasteiger partial charge < -0.3 is 4.90 Å². The van der Waals surface area contributed by atoms with Gasteiger partial charge in [-0.05, 0) is 121 Å². The smallest absolute Gasteiger partial charge is 0.0467 e. The Bertz CT molecular complexity index is 3260. The van der Waals surface area contributed by atoms with Crippen LogP contribution in [0.15, 0.2) is 237 Å². The lowest BCUT2D eigenvalue weighted by atomic mass is 9.98. The van der Waals surface area contributed by atoms with Gasteiger partial charge in [0.15, 0.2) is 0 Å². The molecule has 0 aliphatic rings. The third-order valence-corrected chi connectivity index (χ3v) is 12.8. The average molecular weight is 782 g/mol. The summed E-state index contributed by atoms with van der Waals surface area (Å²) in [4.78, 5) is 2.37. The summed E-state index contributed by atoms with van der Waals surface area (Å²) in [6, 6.07) is 86.0. The molecular weight excluding hydrogens is 743 g/mol. The molecule has 0 radical (unpaired) electrons. The minimum absolute atomic E-state index is 1.10. The fourth-order valence-electron chi connectivity index (χ4n) is 8.58. The molecule has 0 saturated carbocycles. The third kappa shape index (κ3) is 6.73. The zero-order valence-corrected chi connectivity index (χ0v) is 33.7. The van der Waals surface area contributed by atoms with Crippen LogP contribution in [0, 0.1) is 0 Å². The Morgan fingerprint density at radius 3 is 1.25 bits per heavy atom. The molecule has 11 rings (SSSR count). The van der Waals surface area contributed by atoms with Gasteiger partial charge in [0.1, 0.15) is 0 Å². The maximum atomic E-state index is 2.37.